The van der Waals surface area contributed by atoms with Gasteiger partial charge in [0.2, 0.25) is 0 Å². The van der Waals surface area contributed by atoms with E-state index in [2.05, 4.69) is 43.3 Å². The van der Waals surface area contributed by atoms with E-state index >= 15 is 0 Å². The fourth-order valence-electron chi connectivity index (χ4n) is 1.53. The van der Waals surface area contributed by atoms with Crippen molar-refractivity contribution in [2.24, 2.45) is 0 Å². The molecular weight excluding hydrogens is 144 g/mol. The maximum Gasteiger partial charge on any atom is -0.0146 e. The van der Waals surface area contributed by atoms with Gasteiger partial charge in [0.25, 0.3) is 0 Å². The Morgan fingerprint density at radius 2 is 2.17 bits per heavy atom. The van der Waals surface area contributed by atoms with Crippen LogP contribution in [-0.2, 0) is 6.42 Å². The van der Waals surface area contributed by atoms with Gasteiger partial charge in [-0.2, -0.15) is 0 Å². The lowest BCUT2D eigenvalue weighted by molar-refractivity contribution is 1.16. The molecule has 0 saturated heterocycles. The molecular formula is C12H11. The normalized spacial score (nSPS) is 10.4. The van der Waals surface area contributed by atoms with Gasteiger partial charge in [-0.15, -0.1) is 0 Å². The van der Waals surface area contributed by atoms with E-state index in [9.17, 15) is 0 Å². The molecule has 12 heavy (non-hydrogen) atoms. The van der Waals surface area contributed by atoms with Crippen LogP contribution < -0.4 is 0 Å². The van der Waals surface area contributed by atoms with Crippen LogP contribution in [0.2, 0.25) is 0 Å². The first-order valence-electron chi connectivity index (χ1n) is 4.29. The van der Waals surface area contributed by atoms with E-state index in [4.69, 9.17) is 0 Å². The monoisotopic (exact) mass is 155 g/mol. The lowest BCUT2D eigenvalue weighted by Crippen LogP contribution is -1.81. The number of fused-ring (bicyclic) bond motifs is 1. The predicted octanol–water partition coefficient (Wildman–Crippen LogP) is 3.20. The molecule has 0 saturated carbocycles. The molecule has 0 fully saturated rings. The Bertz CT molecular complexity index is 383. The highest BCUT2D eigenvalue weighted by Crippen LogP contribution is 2.17. The minimum Gasteiger partial charge on any atom is -0.0614 e. The molecule has 2 aromatic rings. The summed E-state index contributed by atoms with van der Waals surface area (Å²) in [5, 5.41) is 2.65. The van der Waals surface area contributed by atoms with Crippen LogP contribution in [0, 0.1) is 6.07 Å². The van der Waals surface area contributed by atoms with Gasteiger partial charge < -0.3 is 0 Å². The van der Waals surface area contributed by atoms with E-state index in [1.807, 2.05) is 6.07 Å². The second-order valence-electron chi connectivity index (χ2n) is 2.92. The van der Waals surface area contributed by atoms with Crippen LogP contribution in [0.1, 0.15) is 12.5 Å². The number of benzene rings is 2. The molecule has 0 unspecified atom stereocenters. The molecule has 2 rings (SSSR count). The average molecular weight is 155 g/mol. The van der Waals surface area contributed by atoms with E-state index < -0.39 is 0 Å². The maximum absolute atomic E-state index is 3.11. The molecule has 0 nitrogen and oxygen atoms in total. The third-order valence-corrected chi connectivity index (χ3v) is 2.20. The van der Waals surface area contributed by atoms with Gasteiger partial charge in [-0.3, -0.25) is 0 Å². The van der Waals surface area contributed by atoms with E-state index in [0.29, 0.717) is 0 Å². The van der Waals surface area contributed by atoms with Crippen LogP contribution in [-0.4, -0.2) is 0 Å². The third kappa shape index (κ3) is 1.10. The SMILES string of the molecule is CCc1cccc2cc[c]cc12. The highest BCUT2D eigenvalue weighted by molar-refractivity contribution is 5.85. The fraction of sp³-hybridized carbons (Fsp3) is 0.167. The van der Waals surface area contributed by atoms with Crippen molar-refractivity contribution in [2.45, 2.75) is 13.3 Å². The van der Waals surface area contributed by atoms with Crippen LogP contribution in [0.15, 0.2) is 36.4 Å². The lowest BCUT2D eigenvalue weighted by Gasteiger charge is -2.01. The lowest BCUT2D eigenvalue weighted by atomic mass is 10.0. The fourth-order valence-corrected chi connectivity index (χ4v) is 1.53. The van der Waals surface area contributed by atoms with Crippen LogP contribution >= 0.6 is 0 Å². The number of rotatable bonds is 1. The molecule has 0 aliphatic rings. The third-order valence-electron chi connectivity index (χ3n) is 2.20. The zero-order valence-electron chi connectivity index (χ0n) is 7.17. The molecule has 0 heterocycles. The summed E-state index contributed by atoms with van der Waals surface area (Å²) >= 11 is 0. The molecule has 0 aliphatic carbocycles. The minimum absolute atomic E-state index is 1.09. The summed E-state index contributed by atoms with van der Waals surface area (Å²) in [6.07, 6.45) is 1.09. The molecule has 0 atom stereocenters. The second kappa shape index (κ2) is 2.98. The molecule has 0 amide bonds. The Balaban J connectivity index is 2.79. The van der Waals surface area contributed by atoms with Crippen molar-refractivity contribution < 1.29 is 0 Å². The first kappa shape index (κ1) is 7.35. The Kier molecular flexibility index (Phi) is 1.83. The van der Waals surface area contributed by atoms with Gasteiger partial charge in [-0.05, 0) is 34.9 Å². The van der Waals surface area contributed by atoms with E-state index in [0.717, 1.165) is 6.42 Å². The van der Waals surface area contributed by atoms with E-state index in [1.165, 1.54) is 16.3 Å². The summed E-state index contributed by atoms with van der Waals surface area (Å²) in [5.41, 5.74) is 1.41. The summed E-state index contributed by atoms with van der Waals surface area (Å²) < 4.78 is 0. The molecule has 1 radical (unpaired) electrons. The first-order chi connectivity index (χ1) is 5.92. The van der Waals surface area contributed by atoms with Crippen molar-refractivity contribution >= 4 is 10.8 Å². The van der Waals surface area contributed by atoms with Crippen molar-refractivity contribution in [3.05, 3.63) is 48.0 Å². The number of hydrogen-bond acceptors (Lipinski definition) is 0. The topological polar surface area (TPSA) is 0 Å². The van der Waals surface area contributed by atoms with E-state index in [-0.39, 0.29) is 0 Å². The largest absolute Gasteiger partial charge is 0.0614 e. The van der Waals surface area contributed by atoms with Crippen LogP contribution in [0.3, 0.4) is 0 Å². The van der Waals surface area contributed by atoms with Gasteiger partial charge in [0.1, 0.15) is 0 Å². The Morgan fingerprint density at radius 1 is 1.25 bits per heavy atom. The summed E-state index contributed by atoms with van der Waals surface area (Å²) in [6, 6.07) is 15.7. The van der Waals surface area contributed by atoms with Crippen molar-refractivity contribution in [1.29, 1.82) is 0 Å². The quantitative estimate of drug-likeness (QED) is 0.593. The summed E-state index contributed by atoms with van der Waals surface area (Å²) in [7, 11) is 0. The molecule has 0 aliphatic heterocycles. The Hall–Kier alpha value is -1.30. The second-order valence-corrected chi connectivity index (χ2v) is 2.92. The van der Waals surface area contributed by atoms with E-state index in [1.54, 1.807) is 0 Å². The molecule has 0 aromatic heterocycles. The maximum atomic E-state index is 3.11. The molecule has 0 N–H and O–H groups in total. The van der Waals surface area contributed by atoms with Crippen LogP contribution in [0.5, 0.6) is 0 Å². The molecule has 2 aromatic carbocycles. The zero-order chi connectivity index (χ0) is 8.39. The van der Waals surface area contributed by atoms with Gasteiger partial charge in [0.15, 0.2) is 0 Å². The van der Waals surface area contributed by atoms with Gasteiger partial charge in [-0.25, -0.2) is 0 Å². The summed E-state index contributed by atoms with van der Waals surface area (Å²) in [6.45, 7) is 2.18. The van der Waals surface area contributed by atoms with Gasteiger partial charge in [0.05, 0.1) is 0 Å². The summed E-state index contributed by atoms with van der Waals surface area (Å²) in [5.74, 6) is 0. The molecule has 0 bridgehead atoms. The molecule has 0 heteroatoms. The van der Waals surface area contributed by atoms with Gasteiger partial charge >= 0.3 is 0 Å². The zero-order valence-corrected chi connectivity index (χ0v) is 7.17. The highest BCUT2D eigenvalue weighted by atomic mass is 14.0. The Morgan fingerprint density at radius 3 is 3.00 bits per heavy atom. The standard InChI is InChI=1S/C12H11/c1-2-10-7-5-8-11-6-3-4-9-12(10)11/h3,5-9H,2H2,1H3. The number of hydrogen-bond donors (Lipinski definition) is 0. The van der Waals surface area contributed by atoms with Gasteiger partial charge in [0, 0.05) is 0 Å². The Labute approximate surface area is 72.8 Å². The average Bonchev–Trinajstić information content (AvgIpc) is 2.17. The smallest absolute Gasteiger partial charge is 0.0146 e. The summed E-state index contributed by atoms with van der Waals surface area (Å²) in [4.78, 5) is 0. The number of aryl methyl sites for hydroxylation is 1. The van der Waals surface area contributed by atoms with Crippen molar-refractivity contribution in [3.63, 3.8) is 0 Å². The predicted molar refractivity (Wildman–Crippen MR) is 52.2 cm³/mol. The van der Waals surface area contributed by atoms with Crippen molar-refractivity contribution in [2.75, 3.05) is 0 Å². The van der Waals surface area contributed by atoms with Crippen molar-refractivity contribution in [3.8, 4) is 0 Å². The van der Waals surface area contributed by atoms with Gasteiger partial charge in [-0.1, -0.05) is 37.3 Å². The molecule has 59 valence electrons. The van der Waals surface area contributed by atoms with Crippen molar-refractivity contribution in [1.82, 2.24) is 0 Å². The van der Waals surface area contributed by atoms with Crippen LogP contribution in [0.4, 0.5) is 0 Å². The first-order valence-corrected chi connectivity index (χ1v) is 4.29. The highest BCUT2D eigenvalue weighted by Gasteiger charge is 1.95. The minimum atomic E-state index is 1.09. The molecule has 0 spiro atoms. The van der Waals surface area contributed by atoms with Crippen LogP contribution in [0.25, 0.3) is 10.8 Å².